The van der Waals surface area contributed by atoms with E-state index in [9.17, 15) is 9.90 Å². The Morgan fingerprint density at radius 2 is 2.16 bits per heavy atom. The summed E-state index contributed by atoms with van der Waals surface area (Å²) in [6.07, 6.45) is 2.92. The third kappa shape index (κ3) is 2.11. The number of nitrogens with one attached hydrogen (secondary N) is 1. The van der Waals surface area contributed by atoms with Gasteiger partial charge in [-0.3, -0.25) is 9.79 Å². The van der Waals surface area contributed by atoms with Crippen molar-refractivity contribution in [2.24, 2.45) is 22.7 Å². The van der Waals surface area contributed by atoms with Crippen LogP contribution in [-0.2, 0) is 4.79 Å². The van der Waals surface area contributed by atoms with Crippen molar-refractivity contribution < 1.29 is 9.90 Å². The number of amides is 1. The first-order valence-electron chi connectivity index (χ1n) is 7.16. The molecule has 5 heteroatoms. The number of hydrogen-bond acceptors (Lipinski definition) is 4. The van der Waals surface area contributed by atoms with Crippen LogP contribution in [0.15, 0.2) is 4.99 Å². The number of aliphatic imine (C=N–C) groups is 1. The summed E-state index contributed by atoms with van der Waals surface area (Å²) in [5.41, 5.74) is 0. The summed E-state index contributed by atoms with van der Waals surface area (Å²) in [5.74, 6) is 1.28. The summed E-state index contributed by atoms with van der Waals surface area (Å²) >= 11 is 1.55. The molecule has 19 heavy (non-hydrogen) atoms. The van der Waals surface area contributed by atoms with Gasteiger partial charge in [-0.1, -0.05) is 25.6 Å². The highest BCUT2D eigenvalue weighted by Crippen LogP contribution is 2.47. The lowest BCUT2D eigenvalue weighted by atomic mass is 9.93. The van der Waals surface area contributed by atoms with E-state index in [0.717, 1.165) is 24.4 Å². The van der Waals surface area contributed by atoms with Crippen LogP contribution in [0.1, 0.15) is 40.0 Å². The molecule has 5 atom stereocenters. The number of nitrogens with zero attached hydrogens (tertiary/aromatic N) is 1. The van der Waals surface area contributed by atoms with Crippen molar-refractivity contribution in [3.8, 4) is 0 Å². The van der Waals surface area contributed by atoms with Gasteiger partial charge in [-0.05, 0) is 38.0 Å². The molecular weight excluding hydrogens is 260 g/mol. The maximum atomic E-state index is 12.1. The molecule has 2 aliphatic carbocycles. The first-order valence-corrected chi connectivity index (χ1v) is 7.98. The van der Waals surface area contributed by atoms with Crippen LogP contribution < -0.4 is 5.32 Å². The monoisotopic (exact) mass is 282 g/mol. The maximum absolute atomic E-state index is 12.1. The molecule has 3 rings (SSSR count). The maximum Gasteiger partial charge on any atom is 0.242 e. The van der Waals surface area contributed by atoms with Crippen LogP contribution >= 0.6 is 11.8 Å². The Morgan fingerprint density at radius 3 is 2.68 bits per heavy atom. The highest BCUT2D eigenvalue weighted by molar-refractivity contribution is 8.16. The highest BCUT2D eigenvalue weighted by Gasteiger charge is 2.48. The fraction of sp³-hybridized carbons (Fsp3) is 0.857. The van der Waals surface area contributed by atoms with E-state index >= 15 is 0 Å². The quantitative estimate of drug-likeness (QED) is 0.811. The lowest BCUT2D eigenvalue weighted by Crippen LogP contribution is -2.38. The Labute approximate surface area is 118 Å². The Balaban J connectivity index is 1.75. The van der Waals surface area contributed by atoms with Crippen LogP contribution in [0.4, 0.5) is 0 Å². The fourth-order valence-corrected chi connectivity index (χ4v) is 4.62. The second-order valence-electron chi connectivity index (χ2n) is 6.62. The van der Waals surface area contributed by atoms with Crippen molar-refractivity contribution >= 4 is 22.8 Å². The Bertz CT molecular complexity index is 437. The third-order valence-corrected chi connectivity index (χ3v) is 6.59. The van der Waals surface area contributed by atoms with Crippen LogP contribution in [0.3, 0.4) is 0 Å². The van der Waals surface area contributed by atoms with Gasteiger partial charge in [-0.15, -0.1) is 0 Å². The minimum Gasteiger partial charge on any atom is -0.393 e. The molecule has 1 heterocycles. The summed E-state index contributed by atoms with van der Waals surface area (Å²) in [7, 11) is 0. The first kappa shape index (κ1) is 13.4. The first-order chi connectivity index (χ1) is 8.90. The largest absolute Gasteiger partial charge is 0.393 e. The molecule has 2 saturated carbocycles. The van der Waals surface area contributed by atoms with E-state index in [1.54, 1.807) is 11.8 Å². The molecule has 2 bridgehead atoms. The molecule has 0 radical (unpaired) electrons. The van der Waals surface area contributed by atoms with Crippen LogP contribution in [0.2, 0.25) is 0 Å². The van der Waals surface area contributed by atoms with Crippen molar-refractivity contribution in [2.45, 2.75) is 56.9 Å². The van der Waals surface area contributed by atoms with Gasteiger partial charge in [0.05, 0.1) is 12.1 Å². The third-order valence-electron chi connectivity index (χ3n) is 5.11. The number of carbonyl (C=O) groups is 1. The van der Waals surface area contributed by atoms with Crippen molar-refractivity contribution in [3.63, 3.8) is 0 Å². The van der Waals surface area contributed by atoms with E-state index < -0.39 is 4.75 Å². The van der Waals surface area contributed by atoms with Crippen LogP contribution in [0, 0.1) is 17.8 Å². The zero-order valence-corrected chi connectivity index (χ0v) is 12.5. The predicted octanol–water partition coefficient (Wildman–Crippen LogP) is 1.78. The number of aliphatic hydroxyl groups excluding tert-OH is 1. The highest BCUT2D eigenvalue weighted by atomic mass is 32.2. The molecular formula is C14H22N2O2S. The number of hydrogen-bond donors (Lipinski definition) is 2. The number of rotatable bonds is 2. The molecule has 2 unspecified atom stereocenters. The molecule has 3 fully saturated rings. The summed E-state index contributed by atoms with van der Waals surface area (Å²) in [6.45, 7) is 6.11. The number of aliphatic hydroxyl groups is 1. The van der Waals surface area contributed by atoms with Crippen molar-refractivity contribution in [3.05, 3.63) is 0 Å². The van der Waals surface area contributed by atoms with Gasteiger partial charge in [0.25, 0.3) is 0 Å². The number of carbonyl (C=O) groups excluding carboxylic acids is 1. The molecule has 0 aromatic carbocycles. The second kappa shape index (κ2) is 4.48. The minimum atomic E-state index is -0.408. The van der Waals surface area contributed by atoms with E-state index in [2.05, 4.69) is 19.2 Å². The topological polar surface area (TPSA) is 61.7 Å². The Hall–Kier alpha value is -0.550. The van der Waals surface area contributed by atoms with E-state index in [1.165, 1.54) is 0 Å². The lowest BCUT2D eigenvalue weighted by Gasteiger charge is -2.24. The molecule has 3 aliphatic rings. The summed E-state index contributed by atoms with van der Waals surface area (Å²) in [6, 6.07) is 0.200. The zero-order chi connectivity index (χ0) is 13.8. The molecule has 1 aliphatic heterocycles. The molecule has 0 spiro atoms. The van der Waals surface area contributed by atoms with Crippen LogP contribution in [-0.4, -0.2) is 33.1 Å². The summed E-state index contributed by atoms with van der Waals surface area (Å²) < 4.78 is -0.408. The summed E-state index contributed by atoms with van der Waals surface area (Å²) in [4.78, 5) is 16.8. The molecule has 2 N–H and O–H groups in total. The Kier molecular flexibility index (Phi) is 3.17. The molecule has 0 aromatic heterocycles. The van der Waals surface area contributed by atoms with Gasteiger partial charge in [0.1, 0.15) is 4.75 Å². The zero-order valence-electron chi connectivity index (χ0n) is 11.7. The van der Waals surface area contributed by atoms with Crippen molar-refractivity contribution in [1.29, 1.82) is 0 Å². The second-order valence-corrected chi connectivity index (χ2v) is 8.06. The van der Waals surface area contributed by atoms with E-state index in [0.29, 0.717) is 11.8 Å². The van der Waals surface area contributed by atoms with Gasteiger partial charge >= 0.3 is 0 Å². The van der Waals surface area contributed by atoms with Crippen LogP contribution in [0.25, 0.3) is 0 Å². The molecule has 0 aromatic rings. The standard InChI is InChI=1S/C14H22N2O2S/c1-7(2)14(3)12(18)16-13(19-14)15-10-5-8-4-9(10)11(17)6-8/h7-11,17H,4-6H2,1-3H3,(H,15,16,18)/t8-,9-,10+,11?,14?/m1/s1. The number of fused-ring (bicyclic) bond motifs is 2. The van der Waals surface area contributed by atoms with E-state index in [-0.39, 0.29) is 24.0 Å². The average Bonchev–Trinajstić information content (AvgIpc) is 2.93. The fourth-order valence-electron chi connectivity index (χ4n) is 3.51. The van der Waals surface area contributed by atoms with Crippen molar-refractivity contribution in [1.82, 2.24) is 5.32 Å². The van der Waals surface area contributed by atoms with Gasteiger partial charge in [0.2, 0.25) is 5.91 Å². The number of amidine groups is 1. The van der Waals surface area contributed by atoms with Gasteiger partial charge in [0.15, 0.2) is 5.17 Å². The smallest absolute Gasteiger partial charge is 0.242 e. The number of thioether (sulfide) groups is 1. The van der Waals surface area contributed by atoms with Crippen molar-refractivity contribution in [2.75, 3.05) is 0 Å². The molecule has 1 amide bonds. The van der Waals surface area contributed by atoms with Gasteiger partial charge in [-0.25, -0.2) is 0 Å². The Morgan fingerprint density at radius 1 is 1.42 bits per heavy atom. The molecule has 1 saturated heterocycles. The normalized spacial score (nSPS) is 47.4. The average molecular weight is 282 g/mol. The van der Waals surface area contributed by atoms with Crippen LogP contribution in [0.5, 0.6) is 0 Å². The minimum absolute atomic E-state index is 0.0648. The predicted molar refractivity (Wildman–Crippen MR) is 77.0 cm³/mol. The van der Waals surface area contributed by atoms with Gasteiger partial charge in [-0.2, -0.15) is 0 Å². The summed E-state index contributed by atoms with van der Waals surface area (Å²) in [5, 5.41) is 13.6. The van der Waals surface area contributed by atoms with Gasteiger partial charge in [0, 0.05) is 5.92 Å². The SMILES string of the molecule is CC(C)C1(C)SC(=N[C@H]2C[C@@H]3CC(O)[C@@H]2C3)NC1=O. The van der Waals surface area contributed by atoms with E-state index in [1.807, 2.05) is 6.92 Å². The molecule has 106 valence electrons. The lowest BCUT2D eigenvalue weighted by molar-refractivity contribution is -0.122. The molecule has 4 nitrogen and oxygen atoms in total. The van der Waals surface area contributed by atoms with E-state index in [4.69, 9.17) is 4.99 Å². The van der Waals surface area contributed by atoms with Gasteiger partial charge < -0.3 is 10.4 Å².